The summed E-state index contributed by atoms with van der Waals surface area (Å²) >= 11 is 0. The molecule has 120 heavy (non-hydrogen) atoms. The summed E-state index contributed by atoms with van der Waals surface area (Å²) in [5.41, 5.74) is 33.2. The first-order chi connectivity index (χ1) is 58.0. The van der Waals surface area contributed by atoms with Gasteiger partial charge in [-0.2, -0.15) is 10.5 Å². The maximum absolute atomic E-state index is 9.68. The van der Waals surface area contributed by atoms with E-state index in [1.165, 1.54) is 22.3 Å². The van der Waals surface area contributed by atoms with Crippen LogP contribution in [0.15, 0.2) is 265 Å². The van der Waals surface area contributed by atoms with E-state index in [0.717, 1.165) is 183 Å². The number of pyridine rings is 5. The van der Waals surface area contributed by atoms with Crippen LogP contribution in [0.3, 0.4) is 0 Å². The molecule has 15 heteroatoms. The molecule has 0 spiro atoms. The van der Waals surface area contributed by atoms with Crippen LogP contribution in [0.5, 0.6) is 0 Å². The molecular weight excluding hydrogens is 1480 g/mol. The second-order valence-electron chi connectivity index (χ2n) is 30.9. The van der Waals surface area contributed by atoms with E-state index < -0.39 is 0 Å². The zero-order chi connectivity index (χ0) is 84.2. The molecule has 0 atom stereocenters. The minimum absolute atomic E-state index is 0.563. The third kappa shape index (κ3) is 13.8. The lowest BCUT2D eigenvalue weighted by Crippen LogP contribution is -2.30. The van der Waals surface area contributed by atoms with Gasteiger partial charge in [0.1, 0.15) is 97.6 Å². The van der Waals surface area contributed by atoms with E-state index in [-0.39, 0.29) is 0 Å². The Hall–Kier alpha value is -15.6. The van der Waals surface area contributed by atoms with Gasteiger partial charge in [0.15, 0.2) is 42.3 Å². The van der Waals surface area contributed by atoms with Crippen molar-refractivity contribution < 1.29 is 44.9 Å². The molecule has 15 nitrogen and oxygen atoms in total. The average Bonchev–Trinajstić information content (AvgIpc) is 1.65. The number of rotatable bonds is 5. The molecule has 10 aromatic carbocycles. The minimum Gasteiger partial charge on any atom is -0.467 e. The second kappa shape index (κ2) is 31.9. The number of hydrogen-bond acceptors (Lipinski definition) is 7. The van der Waals surface area contributed by atoms with Crippen LogP contribution in [0.25, 0.3) is 181 Å². The number of fused-ring (bicyclic) bond motifs is 15. The normalized spacial score (nSPS) is 11.1. The second-order valence-corrected chi connectivity index (χ2v) is 30.9. The van der Waals surface area contributed by atoms with E-state index in [1.54, 1.807) is 0 Å². The van der Waals surface area contributed by atoms with Crippen LogP contribution in [0.1, 0.15) is 66.8 Å². The Kier molecular flexibility index (Phi) is 20.8. The predicted molar refractivity (Wildman–Crippen MR) is 477 cm³/mol. The third-order valence-electron chi connectivity index (χ3n) is 22.9. The Morgan fingerprint density at radius 2 is 0.692 bits per heavy atom. The average molecular weight is 1570 g/mol. The first-order valence-corrected chi connectivity index (χ1v) is 39.5. The van der Waals surface area contributed by atoms with Crippen molar-refractivity contribution in [3.63, 3.8) is 0 Å². The lowest BCUT2D eigenvalue weighted by atomic mass is 9.95. The van der Waals surface area contributed by atoms with Crippen molar-refractivity contribution in [3.05, 3.63) is 344 Å². The minimum atomic E-state index is 0.563. The summed E-state index contributed by atoms with van der Waals surface area (Å²) in [4.78, 5) is 10.9. The lowest BCUT2D eigenvalue weighted by molar-refractivity contribution is -0.660. The third-order valence-corrected chi connectivity index (χ3v) is 22.9. The van der Waals surface area contributed by atoms with E-state index in [1.807, 2.05) is 201 Å². The molecule has 10 heterocycles. The van der Waals surface area contributed by atoms with Crippen molar-refractivity contribution >= 4 is 127 Å². The van der Waals surface area contributed by atoms with Gasteiger partial charge in [0.25, 0.3) is 0 Å². The van der Waals surface area contributed by atoms with Crippen LogP contribution in [-0.2, 0) is 35.2 Å². The van der Waals surface area contributed by atoms with E-state index in [9.17, 15) is 10.5 Å². The lowest BCUT2D eigenvalue weighted by Gasteiger charge is -2.07. The summed E-state index contributed by atoms with van der Waals surface area (Å²) in [6.45, 7) is 42.8. The molecule has 0 radical (unpaired) electrons. The molecule has 0 saturated heterocycles. The van der Waals surface area contributed by atoms with Crippen molar-refractivity contribution in [1.29, 1.82) is 10.5 Å². The number of hydrogen-bond donors (Lipinski definition) is 0. The number of benzene rings is 10. The van der Waals surface area contributed by atoms with E-state index in [2.05, 4.69) is 196 Å². The van der Waals surface area contributed by atoms with Gasteiger partial charge >= 0.3 is 0 Å². The monoisotopic (exact) mass is 1570 g/mol. The molecule has 0 aliphatic heterocycles. The Morgan fingerprint density at radius 1 is 0.267 bits per heavy atom. The number of aromatic nitrogens is 5. The predicted octanol–water partition coefficient (Wildman–Crippen LogP) is 24.9. The smallest absolute Gasteiger partial charge is 0.229 e. The van der Waals surface area contributed by atoms with E-state index in [4.69, 9.17) is 41.8 Å². The first-order valence-electron chi connectivity index (χ1n) is 39.5. The van der Waals surface area contributed by atoms with Crippen LogP contribution in [0, 0.1) is 112 Å². The molecule has 0 aliphatic carbocycles. The van der Waals surface area contributed by atoms with Crippen molar-refractivity contribution in [1.82, 2.24) is 0 Å². The SMILES string of the molecule is Cc1ccc2oc3c(C#N)cc(C)c(-c4cccc[n+]4C)c3c2c1.Cc1ccc2oc3ccc(C)c(-c4cccc[n+]4C)c3c2c1C#N.[C-]#[N+]c1cc(C)cc2c1oc1ccc(C)c(-c3cccc[n+]3C)c12.[C-]#[N+]c1cc2oc3ccc(C)c(-c4cccc[n+]4C)c3c2cc1C.[C-]#[N+]c1ccc(C)c2c1oc1c(-c3cccc[n+]3C)c(C)ccc12. The van der Waals surface area contributed by atoms with Crippen molar-refractivity contribution in [2.75, 3.05) is 0 Å². The maximum Gasteiger partial charge on any atom is 0.229 e. The summed E-state index contributed by atoms with van der Waals surface area (Å²) in [5, 5.41) is 29.6. The largest absolute Gasteiger partial charge is 0.467 e. The first kappa shape index (κ1) is 78.3. The molecule has 20 aromatic rings. The van der Waals surface area contributed by atoms with Gasteiger partial charge in [-0.1, -0.05) is 77.9 Å². The van der Waals surface area contributed by atoms with Gasteiger partial charge in [-0.15, -0.1) is 0 Å². The Bertz CT molecular complexity index is 7830. The highest BCUT2D eigenvalue weighted by Gasteiger charge is 2.29. The van der Waals surface area contributed by atoms with E-state index in [0.29, 0.717) is 44.9 Å². The molecule has 0 fully saturated rings. The summed E-state index contributed by atoms with van der Waals surface area (Å²) in [6.07, 6.45) is 10.2. The van der Waals surface area contributed by atoms with Crippen LogP contribution in [0.2, 0.25) is 0 Å². The maximum atomic E-state index is 9.68. The summed E-state index contributed by atoms with van der Waals surface area (Å²) in [7, 11) is 10.2. The molecule has 20 rings (SSSR count). The van der Waals surface area contributed by atoms with Gasteiger partial charge < -0.3 is 22.1 Å². The molecule has 0 amide bonds. The van der Waals surface area contributed by atoms with Gasteiger partial charge in [-0.3, -0.25) is 0 Å². The van der Waals surface area contributed by atoms with Crippen molar-refractivity contribution in [2.45, 2.75) is 69.2 Å². The molecule has 0 saturated carbocycles. The van der Waals surface area contributed by atoms with Crippen molar-refractivity contribution in [3.8, 4) is 68.4 Å². The Morgan fingerprint density at radius 3 is 1.22 bits per heavy atom. The van der Waals surface area contributed by atoms with Crippen LogP contribution >= 0.6 is 0 Å². The number of furan rings is 5. The molecular formula is C105H85N10O5+5. The fraction of sp³-hybridized carbons (Fsp3) is 0.143. The molecule has 0 unspecified atom stereocenters. The van der Waals surface area contributed by atoms with Crippen molar-refractivity contribution in [2.24, 2.45) is 35.2 Å². The van der Waals surface area contributed by atoms with Crippen LogP contribution in [0.4, 0.5) is 17.1 Å². The highest BCUT2D eigenvalue weighted by Crippen LogP contribution is 2.47. The number of nitrogens with zero attached hydrogens (tertiary/aromatic N) is 10. The van der Waals surface area contributed by atoms with E-state index >= 15 is 0 Å². The molecule has 0 bridgehead atoms. The summed E-state index contributed by atoms with van der Waals surface area (Å²) < 4.78 is 41.0. The van der Waals surface area contributed by atoms with Gasteiger partial charge in [0.2, 0.25) is 39.8 Å². The Labute approximate surface area is 695 Å². The molecule has 580 valence electrons. The molecule has 0 N–H and O–H groups in total. The Balaban J connectivity index is 0.000000112. The summed E-state index contributed by atoms with van der Waals surface area (Å²) in [5.74, 6) is 0. The fourth-order valence-electron chi connectivity index (χ4n) is 16.9. The zero-order valence-corrected chi connectivity index (χ0v) is 69.6. The number of nitriles is 2. The molecule has 0 aliphatic rings. The van der Waals surface area contributed by atoms with Crippen LogP contribution < -0.4 is 22.8 Å². The zero-order valence-electron chi connectivity index (χ0n) is 69.6. The standard InChI is InChI=1S/5C21H17N2O/c1-13-9-11-16(22-3)21-18(13)15-10-8-14(2)19(20(15)24-21)17-7-5-6-12-23(17)4;1-13-11-15-20-18(24-21(15)16(12-13)22-3)9-8-14(2)19(20)17-7-5-6-10-23(17)4;1-13-8-9-18-21(20(13)17-7-5-6-10-23(17)4)15-11-14(2)16(22-3)12-19(15)24-18;1-13-7-9-17-20(15(13)12-22)21-18(24-17)10-8-14(2)19(21)16-6-4-5-11-23(16)3;1-13-7-8-18-16(10-13)20-19(17-6-4-5-9-23(17)3)14(2)11-15(12-22)21(20)24-18/h3*5-12H,1-2,4H3;2*4-11H,1-3H3/q5*+1. The topological polar surface area (TPSA) is 146 Å². The summed E-state index contributed by atoms with van der Waals surface area (Å²) in [6, 6.07) is 75.7. The molecule has 10 aromatic heterocycles. The van der Waals surface area contributed by atoms with Gasteiger partial charge in [0, 0.05) is 115 Å². The highest BCUT2D eigenvalue weighted by molar-refractivity contribution is 6.19. The van der Waals surface area contributed by atoms with Gasteiger partial charge in [-0.25, -0.2) is 37.4 Å². The fourth-order valence-corrected chi connectivity index (χ4v) is 16.9. The van der Waals surface area contributed by atoms with Gasteiger partial charge in [0.05, 0.1) is 58.7 Å². The number of aryl methyl sites for hydroxylation is 15. The van der Waals surface area contributed by atoms with Gasteiger partial charge in [-0.05, 0) is 199 Å². The van der Waals surface area contributed by atoms with Crippen LogP contribution in [-0.4, -0.2) is 0 Å². The quantitative estimate of drug-likeness (QED) is 0.123. The highest BCUT2D eigenvalue weighted by atomic mass is 16.3.